The lowest BCUT2D eigenvalue weighted by Crippen LogP contribution is -2.49. The molecule has 166 valence electrons. The summed E-state index contributed by atoms with van der Waals surface area (Å²) in [6.45, 7) is 7.87. The Balaban J connectivity index is 1.45. The van der Waals surface area contributed by atoms with E-state index < -0.39 is 5.82 Å². The number of hydrogen-bond acceptors (Lipinski definition) is 4. The maximum absolute atomic E-state index is 14.5. The second-order valence-corrected chi connectivity index (χ2v) is 8.19. The number of Topliss-reactive ketones (excluding diaryl/α,β-unsaturated/α-hetero) is 1. The molecule has 4 rings (SSSR count). The highest BCUT2D eigenvalue weighted by Gasteiger charge is 2.28. The summed E-state index contributed by atoms with van der Waals surface area (Å²) in [6, 6.07) is 14.6. The van der Waals surface area contributed by atoms with E-state index in [1.54, 1.807) is 12.1 Å². The van der Waals surface area contributed by atoms with Crippen LogP contribution in [0.1, 0.15) is 44.6 Å². The van der Waals surface area contributed by atoms with Crippen molar-refractivity contribution in [3.8, 4) is 0 Å². The molecule has 0 aliphatic carbocycles. The van der Waals surface area contributed by atoms with Gasteiger partial charge >= 0.3 is 0 Å². The molecule has 6 nitrogen and oxygen atoms in total. The van der Waals surface area contributed by atoms with Gasteiger partial charge in [-0.1, -0.05) is 30.3 Å². The lowest BCUT2D eigenvalue weighted by Gasteiger charge is -2.36. The van der Waals surface area contributed by atoms with Crippen LogP contribution in [0, 0.1) is 19.7 Å². The van der Waals surface area contributed by atoms with Gasteiger partial charge in [0.25, 0.3) is 5.91 Å². The van der Waals surface area contributed by atoms with Gasteiger partial charge in [0.05, 0.1) is 23.5 Å². The minimum absolute atomic E-state index is 0.0358. The van der Waals surface area contributed by atoms with Gasteiger partial charge in [-0.25, -0.2) is 4.39 Å². The van der Waals surface area contributed by atoms with E-state index >= 15 is 0 Å². The summed E-state index contributed by atoms with van der Waals surface area (Å²) in [4.78, 5) is 28.5. The van der Waals surface area contributed by atoms with E-state index in [2.05, 4.69) is 5.10 Å². The van der Waals surface area contributed by atoms with Crippen LogP contribution in [0.3, 0.4) is 0 Å². The third kappa shape index (κ3) is 4.28. The van der Waals surface area contributed by atoms with Crippen molar-refractivity contribution < 1.29 is 14.0 Å². The van der Waals surface area contributed by atoms with Gasteiger partial charge in [-0.3, -0.25) is 14.3 Å². The van der Waals surface area contributed by atoms with E-state index in [1.165, 1.54) is 13.0 Å². The Kier molecular flexibility index (Phi) is 6.08. The number of nitrogens with zero attached hydrogens (tertiary/aromatic N) is 4. The average Bonchev–Trinajstić information content (AvgIpc) is 3.06. The van der Waals surface area contributed by atoms with Crippen LogP contribution >= 0.6 is 0 Å². The van der Waals surface area contributed by atoms with E-state index in [-0.39, 0.29) is 11.7 Å². The number of hydrogen-bond donors (Lipinski definition) is 0. The summed E-state index contributed by atoms with van der Waals surface area (Å²) < 4.78 is 16.4. The van der Waals surface area contributed by atoms with Crippen LogP contribution in [-0.4, -0.2) is 52.5 Å². The van der Waals surface area contributed by atoms with Crippen molar-refractivity contribution in [2.45, 2.75) is 27.3 Å². The molecule has 1 saturated heterocycles. The van der Waals surface area contributed by atoms with Crippen molar-refractivity contribution in [2.24, 2.45) is 0 Å². The molecule has 0 saturated carbocycles. The maximum Gasteiger partial charge on any atom is 0.257 e. The first-order chi connectivity index (χ1) is 15.3. The Morgan fingerprint density at radius 1 is 1.00 bits per heavy atom. The predicted octanol–water partition coefficient (Wildman–Crippen LogP) is 3.85. The molecule has 0 N–H and O–H groups in total. The molecule has 1 amide bonds. The SMILES string of the molecule is CC(=O)c1ccc(N2CCN(C(=O)c3c(C)nn(Cc4ccccc4)c3C)CC2)c(F)c1. The van der Waals surface area contributed by atoms with E-state index in [1.807, 2.05) is 58.7 Å². The third-order valence-corrected chi connectivity index (χ3v) is 6.03. The summed E-state index contributed by atoms with van der Waals surface area (Å²) in [7, 11) is 0. The molecule has 32 heavy (non-hydrogen) atoms. The van der Waals surface area contributed by atoms with Gasteiger partial charge in [0.1, 0.15) is 5.82 Å². The fraction of sp³-hybridized carbons (Fsp3) is 0.320. The van der Waals surface area contributed by atoms with Gasteiger partial charge in [-0.2, -0.15) is 5.10 Å². The van der Waals surface area contributed by atoms with Crippen molar-refractivity contribution in [3.05, 3.63) is 82.4 Å². The van der Waals surface area contributed by atoms with E-state index in [4.69, 9.17) is 0 Å². The van der Waals surface area contributed by atoms with Gasteiger partial charge in [0.2, 0.25) is 0 Å². The molecule has 0 bridgehead atoms. The van der Waals surface area contributed by atoms with Gasteiger partial charge in [0.15, 0.2) is 5.78 Å². The molecule has 0 unspecified atom stereocenters. The van der Waals surface area contributed by atoms with Crippen molar-refractivity contribution in [2.75, 3.05) is 31.1 Å². The molecule has 0 atom stereocenters. The summed E-state index contributed by atoms with van der Waals surface area (Å²) in [5.41, 5.74) is 4.17. The minimum atomic E-state index is -0.411. The van der Waals surface area contributed by atoms with Gasteiger partial charge in [-0.05, 0) is 44.5 Å². The smallest absolute Gasteiger partial charge is 0.257 e. The van der Waals surface area contributed by atoms with Gasteiger partial charge in [0, 0.05) is 37.4 Å². The van der Waals surface area contributed by atoms with Crippen LogP contribution in [0.25, 0.3) is 0 Å². The van der Waals surface area contributed by atoms with Crippen LogP contribution < -0.4 is 4.90 Å². The topological polar surface area (TPSA) is 58.4 Å². The highest BCUT2D eigenvalue weighted by molar-refractivity contribution is 5.96. The fourth-order valence-electron chi connectivity index (χ4n) is 4.21. The minimum Gasteiger partial charge on any atom is -0.366 e. The fourth-order valence-corrected chi connectivity index (χ4v) is 4.21. The zero-order chi connectivity index (χ0) is 22.8. The van der Waals surface area contributed by atoms with Crippen molar-refractivity contribution in [3.63, 3.8) is 0 Å². The van der Waals surface area contributed by atoms with Crippen molar-refractivity contribution >= 4 is 17.4 Å². The number of aromatic nitrogens is 2. The Morgan fingerprint density at radius 2 is 1.69 bits per heavy atom. The Bertz CT molecular complexity index is 1150. The monoisotopic (exact) mass is 434 g/mol. The third-order valence-electron chi connectivity index (χ3n) is 6.03. The lowest BCUT2D eigenvalue weighted by atomic mass is 10.1. The van der Waals surface area contributed by atoms with E-state index in [9.17, 15) is 14.0 Å². The quantitative estimate of drug-likeness (QED) is 0.573. The average molecular weight is 435 g/mol. The number of carbonyl (C=O) groups excluding carboxylic acids is 2. The van der Waals surface area contributed by atoms with Crippen LogP contribution in [0.4, 0.5) is 10.1 Å². The maximum atomic E-state index is 14.5. The number of rotatable bonds is 5. The number of anilines is 1. The zero-order valence-electron chi connectivity index (χ0n) is 18.6. The first-order valence-corrected chi connectivity index (χ1v) is 10.8. The molecular weight excluding hydrogens is 407 g/mol. The van der Waals surface area contributed by atoms with Gasteiger partial charge in [-0.15, -0.1) is 0 Å². The van der Waals surface area contributed by atoms with Crippen LogP contribution in [-0.2, 0) is 6.54 Å². The molecule has 1 aliphatic rings. The molecule has 1 aromatic heterocycles. The molecule has 1 aliphatic heterocycles. The standard InChI is InChI=1S/C25H27FN4O2/c1-17-24(18(2)30(27-17)16-20-7-5-4-6-8-20)25(32)29-13-11-28(12-14-29)23-10-9-21(19(3)31)15-22(23)26/h4-10,15H,11-14,16H2,1-3H3. The number of piperazine rings is 1. The van der Waals surface area contributed by atoms with E-state index in [0.29, 0.717) is 49.5 Å². The second kappa shape index (κ2) is 8.94. The van der Waals surface area contributed by atoms with E-state index in [0.717, 1.165) is 17.0 Å². The first kappa shape index (κ1) is 21.7. The number of ketones is 1. The summed E-state index contributed by atoms with van der Waals surface area (Å²) in [5.74, 6) is -0.609. The van der Waals surface area contributed by atoms with Crippen molar-refractivity contribution in [1.82, 2.24) is 14.7 Å². The van der Waals surface area contributed by atoms with Gasteiger partial charge < -0.3 is 9.80 Å². The number of carbonyl (C=O) groups is 2. The summed E-state index contributed by atoms with van der Waals surface area (Å²) in [6.07, 6.45) is 0. The van der Waals surface area contributed by atoms with Crippen LogP contribution in [0.2, 0.25) is 0 Å². The van der Waals surface area contributed by atoms with Crippen LogP contribution in [0.15, 0.2) is 48.5 Å². The Labute approximate surface area is 187 Å². The zero-order valence-corrected chi connectivity index (χ0v) is 18.6. The summed E-state index contributed by atoms with van der Waals surface area (Å²) >= 11 is 0. The molecule has 1 fully saturated rings. The number of halogens is 1. The Hall–Kier alpha value is -3.48. The summed E-state index contributed by atoms with van der Waals surface area (Å²) in [5, 5.41) is 4.60. The molecule has 2 aromatic carbocycles. The normalized spacial score (nSPS) is 14.0. The number of benzene rings is 2. The van der Waals surface area contributed by atoms with Crippen molar-refractivity contribution in [1.29, 1.82) is 0 Å². The first-order valence-electron chi connectivity index (χ1n) is 10.8. The Morgan fingerprint density at radius 3 is 2.31 bits per heavy atom. The predicted molar refractivity (Wildman–Crippen MR) is 122 cm³/mol. The lowest BCUT2D eigenvalue weighted by molar-refractivity contribution is 0.0744. The molecule has 2 heterocycles. The molecule has 0 spiro atoms. The number of aryl methyl sites for hydroxylation is 1. The second-order valence-electron chi connectivity index (χ2n) is 8.19. The highest BCUT2D eigenvalue weighted by Crippen LogP contribution is 2.24. The number of amides is 1. The molecule has 3 aromatic rings. The molecular formula is C25H27FN4O2. The molecule has 7 heteroatoms. The highest BCUT2D eigenvalue weighted by atomic mass is 19.1. The largest absolute Gasteiger partial charge is 0.366 e. The molecule has 0 radical (unpaired) electrons. The van der Waals surface area contributed by atoms with Crippen LogP contribution in [0.5, 0.6) is 0 Å².